The van der Waals surface area contributed by atoms with Crippen molar-refractivity contribution in [3.05, 3.63) is 93.6 Å². The molecule has 0 radical (unpaired) electrons. The predicted octanol–water partition coefficient (Wildman–Crippen LogP) is 8.42. The van der Waals surface area contributed by atoms with E-state index in [2.05, 4.69) is 20.5 Å². The number of amides is 2. The molecule has 3 aliphatic heterocycles. The number of hydrogen-bond acceptors (Lipinski definition) is 8. The van der Waals surface area contributed by atoms with E-state index in [-0.39, 0.29) is 17.9 Å². The molecular formula is C43H59Cl2N5O5. The summed E-state index contributed by atoms with van der Waals surface area (Å²) in [6, 6.07) is 18.7. The highest BCUT2D eigenvalue weighted by molar-refractivity contribution is 6.30. The van der Waals surface area contributed by atoms with Crippen molar-refractivity contribution >= 4 is 41.0 Å². The topological polar surface area (TPSA) is 127 Å². The molecule has 2 amide bonds. The molecule has 4 N–H and O–H groups in total. The quantitative estimate of drug-likeness (QED) is 0.161. The molecular weight excluding hydrogens is 737 g/mol. The Labute approximate surface area is 336 Å². The lowest BCUT2D eigenvalue weighted by molar-refractivity contribution is -0.138. The molecule has 0 spiro atoms. The van der Waals surface area contributed by atoms with Crippen molar-refractivity contribution in [1.29, 1.82) is 0 Å². The van der Waals surface area contributed by atoms with E-state index in [1.165, 1.54) is 12.8 Å². The molecule has 0 aliphatic carbocycles. The van der Waals surface area contributed by atoms with Crippen LogP contribution in [0.4, 0.5) is 10.6 Å². The maximum Gasteiger partial charge on any atom is 0.413 e. The van der Waals surface area contributed by atoms with Crippen LogP contribution in [0.1, 0.15) is 101 Å². The molecule has 300 valence electrons. The Morgan fingerprint density at radius 1 is 0.818 bits per heavy atom. The predicted molar refractivity (Wildman–Crippen MR) is 219 cm³/mol. The molecule has 3 fully saturated rings. The van der Waals surface area contributed by atoms with E-state index in [4.69, 9.17) is 27.9 Å². The summed E-state index contributed by atoms with van der Waals surface area (Å²) < 4.78 is 5.31. The number of hydrogen-bond donors (Lipinski definition) is 4. The summed E-state index contributed by atoms with van der Waals surface area (Å²) in [5.41, 5.74) is 2.36. The van der Waals surface area contributed by atoms with Gasteiger partial charge in [-0.1, -0.05) is 47.5 Å². The number of piperidine rings is 3. The molecule has 12 heteroatoms. The van der Waals surface area contributed by atoms with Gasteiger partial charge >= 0.3 is 6.09 Å². The highest BCUT2D eigenvalue weighted by atomic mass is 35.5. The van der Waals surface area contributed by atoms with E-state index in [0.29, 0.717) is 29.1 Å². The van der Waals surface area contributed by atoms with E-state index in [0.717, 1.165) is 99.6 Å². The summed E-state index contributed by atoms with van der Waals surface area (Å²) in [6.07, 6.45) is 7.80. The first-order chi connectivity index (χ1) is 26.3. The van der Waals surface area contributed by atoms with Crippen LogP contribution in [0.25, 0.3) is 0 Å². The molecule has 3 aliphatic rings. The zero-order valence-electron chi connectivity index (χ0n) is 32.6. The van der Waals surface area contributed by atoms with Crippen LogP contribution in [0, 0.1) is 17.8 Å². The van der Waals surface area contributed by atoms with Gasteiger partial charge in [0.25, 0.3) is 0 Å². The van der Waals surface area contributed by atoms with Crippen LogP contribution < -0.4 is 10.6 Å². The fourth-order valence-electron chi connectivity index (χ4n) is 7.68. The van der Waals surface area contributed by atoms with Gasteiger partial charge in [0.1, 0.15) is 11.4 Å². The summed E-state index contributed by atoms with van der Waals surface area (Å²) in [5.74, 6) is 1.87. The number of aromatic nitrogens is 1. The van der Waals surface area contributed by atoms with Crippen LogP contribution in [-0.2, 0) is 16.1 Å². The normalized spacial score (nSPS) is 18.9. The largest absolute Gasteiger partial charge is 0.444 e. The van der Waals surface area contributed by atoms with Crippen LogP contribution >= 0.6 is 23.2 Å². The molecule has 0 saturated carbocycles. The van der Waals surface area contributed by atoms with Crippen molar-refractivity contribution in [2.45, 2.75) is 96.5 Å². The van der Waals surface area contributed by atoms with Gasteiger partial charge < -0.3 is 25.2 Å². The fraction of sp³-hybridized carbons (Fsp3) is 0.558. The third kappa shape index (κ3) is 14.3. The standard InChI is InChI=1S/C30H41ClN4O4.C13H18ClNO/c1-30(2,3)39-29(38)33-27-19-22(8-13-32-27)20-34-14-11-24(12-15-34)28(37)35-16-9-21(10-17-35)18-26(36)23-4-6-25(31)7-5-23;14-12-3-1-11(2-4-12)13(16)9-10-5-7-15-8-6-10/h4-8,13,19,21,24,26,36H,9-12,14-18,20H2,1-3H3,(H,32,33,38);1-4,10,13,15-16H,5-9H2. The molecule has 2 atom stereocenters. The monoisotopic (exact) mass is 795 g/mol. The lowest BCUT2D eigenvalue weighted by Gasteiger charge is -2.37. The number of ether oxygens (including phenoxy) is 1. The third-order valence-electron chi connectivity index (χ3n) is 10.8. The number of benzene rings is 2. The maximum atomic E-state index is 13.2. The summed E-state index contributed by atoms with van der Waals surface area (Å²) in [6.45, 7) is 11.6. The van der Waals surface area contributed by atoms with Crippen LogP contribution in [0.2, 0.25) is 10.0 Å². The zero-order chi connectivity index (χ0) is 39.4. The van der Waals surface area contributed by atoms with Crippen molar-refractivity contribution in [2.75, 3.05) is 44.6 Å². The van der Waals surface area contributed by atoms with E-state index >= 15 is 0 Å². The van der Waals surface area contributed by atoms with Crippen molar-refractivity contribution in [3.8, 4) is 0 Å². The van der Waals surface area contributed by atoms with Crippen LogP contribution in [0.3, 0.4) is 0 Å². The second kappa shape index (κ2) is 20.8. The summed E-state index contributed by atoms with van der Waals surface area (Å²) in [4.78, 5) is 33.9. The second-order valence-electron chi connectivity index (χ2n) is 16.3. The molecule has 2 unspecified atom stereocenters. The Morgan fingerprint density at radius 2 is 1.35 bits per heavy atom. The van der Waals surface area contributed by atoms with E-state index in [9.17, 15) is 19.8 Å². The lowest BCUT2D eigenvalue weighted by Crippen LogP contribution is -2.45. The van der Waals surface area contributed by atoms with Gasteiger partial charge in [0, 0.05) is 41.8 Å². The zero-order valence-corrected chi connectivity index (χ0v) is 34.1. The smallest absolute Gasteiger partial charge is 0.413 e. The van der Waals surface area contributed by atoms with Crippen molar-refractivity contribution in [1.82, 2.24) is 20.1 Å². The van der Waals surface area contributed by atoms with Gasteiger partial charge in [-0.2, -0.15) is 0 Å². The summed E-state index contributed by atoms with van der Waals surface area (Å²) in [5, 5.41) is 28.1. The van der Waals surface area contributed by atoms with Crippen LogP contribution in [-0.4, -0.2) is 81.9 Å². The number of carbonyl (C=O) groups excluding carboxylic acids is 2. The van der Waals surface area contributed by atoms with Gasteiger partial charge in [-0.3, -0.25) is 15.0 Å². The number of aliphatic hydroxyl groups is 2. The van der Waals surface area contributed by atoms with Crippen LogP contribution in [0.5, 0.6) is 0 Å². The average molecular weight is 797 g/mol. The van der Waals surface area contributed by atoms with Gasteiger partial charge in [-0.25, -0.2) is 9.78 Å². The lowest BCUT2D eigenvalue weighted by atomic mass is 9.87. The first-order valence-corrected chi connectivity index (χ1v) is 20.6. The summed E-state index contributed by atoms with van der Waals surface area (Å²) >= 11 is 11.8. The van der Waals surface area contributed by atoms with E-state index in [1.807, 2.05) is 86.3 Å². The fourth-order valence-corrected chi connectivity index (χ4v) is 7.94. The molecule has 4 heterocycles. The average Bonchev–Trinajstić information content (AvgIpc) is 3.16. The first kappa shape index (κ1) is 42.9. The minimum Gasteiger partial charge on any atom is -0.444 e. The SMILES string of the molecule is CC(C)(C)OC(=O)Nc1cc(CN2CCC(C(=O)N3CCC(CC(O)c4ccc(Cl)cc4)CC3)CC2)ccn1.OC(CC1CCNCC1)c1ccc(Cl)cc1. The Kier molecular flexibility index (Phi) is 16.2. The molecule has 0 bridgehead atoms. The number of anilines is 1. The Hall–Kier alpha value is -3.25. The number of nitrogens with zero attached hydrogens (tertiary/aromatic N) is 3. The number of carbonyl (C=O) groups is 2. The number of rotatable bonds is 10. The Balaban J connectivity index is 0.000000301. The molecule has 2 aromatic carbocycles. The second-order valence-corrected chi connectivity index (χ2v) is 17.2. The molecule has 6 rings (SSSR count). The Morgan fingerprint density at radius 3 is 1.87 bits per heavy atom. The van der Waals surface area contributed by atoms with Crippen molar-refractivity contribution in [3.63, 3.8) is 0 Å². The molecule has 1 aromatic heterocycles. The first-order valence-electron chi connectivity index (χ1n) is 19.8. The van der Waals surface area contributed by atoms with Crippen molar-refractivity contribution in [2.24, 2.45) is 17.8 Å². The van der Waals surface area contributed by atoms with Gasteiger partial charge in [-0.05, 0) is 163 Å². The molecule has 55 heavy (non-hydrogen) atoms. The van der Waals surface area contributed by atoms with Crippen LogP contribution in [0.15, 0.2) is 66.9 Å². The van der Waals surface area contributed by atoms with E-state index in [1.54, 1.807) is 6.20 Å². The molecule has 3 saturated heterocycles. The van der Waals surface area contributed by atoms with Crippen molar-refractivity contribution < 1.29 is 24.5 Å². The van der Waals surface area contributed by atoms with E-state index < -0.39 is 17.8 Å². The van der Waals surface area contributed by atoms with Gasteiger partial charge in [0.15, 0.2) is 0 Å². The molecule has 3 aromatic rings. The Bertz CT molecular complexity index is 1630. The number of aliphatic hydroxyl groups excluding tert-OH is 2. The molecule has 10 nitrogen and oxygen atoms in total. The maximum absolute atomic E-state index is 13.2. The van der Waals surface area contributed by atoms with Gasteiger partial charge in [0.05, 0.1) is 12.2 Å². The number of pyridine rings is 1. The minimum atomic E-state index is -0.570. The number of halogens is 2. The third-order valence-corrected chi connectivity index (χ3v) is 11.3. The highest BCUT2D eigenvalue weighted by Crippen LogP contribution is 2.31. The number of likely N-dealkylation sites (tertiary alicyclic amines) is 2. The van der Waals surface area contributed by atoms with Gasteiger partial charge in [0.2, 0.25) is 5.91 Å². The number of nitrogens with one attached hydrogen (secondary N) is 2. The highest BCUT2D eigenvalue weighted by Gasteiger charge is 2.31. The summed E-state index contributed by atoms with van der Waals surface area (Å²) in [7, 11) is 0. The van der Waals surface area contributed by atoms with Gasteiger partial charge in [-0.15, -0.1) is 0 Å². The minimum absolute atomic E-state index is 0.0688.